The van der Waals surface area contributed by atoms with Gasteiger partial charge in [-0.3, -0.25) is 0 Å². The number of rotatable bonds is 13. The summed E-state index contributed by atoms with van der Waals surface area (Å²) in [5, 5.41) is 0. The van der Waals surface area contributed by atoms with Crippen LogP contribution in [-0.4, -0.2) is 44.0 Å². The molecule has 0 fully saturated rings. The maximum absolute atomic E-state index is 12.4. The van der Waals surface area contributed by atoms with E-state index >= 15 is 0 Å². The van der Waals surface area contributed by atoms with Gasteiger partial charge in [-0.15, -0.1) is 0 Å². The van der Waals surface area contributed by atoms with Crippen LogP contribution < -0.4 is 9.47 Å². The molecule has 0 amide bonds. The molecular formula is C31H39NO6. The summed E-state index contributed by atoms with van der Waals surface area (Å²) in [6, 6.07) is 11.9. The molecule has 4 rings (SSSR count). The van der Waals surface area contributed by atoms with Crippen molar-refractivity contribution in [3.05, 3.63) is 64.5 Å². The molecule has 1 unspecified atom stereocenters. The van der Waals surface area contributed by atoms with Crippen LogP contribution in [0.4, 0.5) is 0 Å². The van der Waals surface area contributed by atoms with E-state index in [9.17, 15) is 4.79 Å². The number of esters is 1. The zero-order chi connectivity index (χ0) is 26.9. The Morgan fingerprint density at radius 3 is 2.50 bits per heavy atom. The second-order valence-corrected chi connectivity index (χ2v) is 9.49. The standard InChI is InChI=1S/C31H39NO6/c1-5-35-29(31(33)36-6-2)20-23-15-18-28(26-11-8-7-10-25(23)26)37-19-9-12-27-21(3)38-30(32-27)22-13-16-24(34-4)17-14-22/h13-18,29H,5-12,19-20H2,1-4H3. The highest BCUT2D eigenvalue weighted by Crippen LogP contribution is 2.33. The fourth-order valence-electron chi connectivity index (χ4n) is 5.02. The Balaban J connectivity index is 1.38. The van der Waals surface area contributed by atoms with Gasteiger partial charge in [0.25, 0.3) is 0 Å². The van der Waals surface area contributed by atoms with Crippen LogP contribution in [0, 0.1) is 6.92 Å². The average Bonchev–Trinajstić information content (AvgIpc) is 3.32. The predicted molar refractivity (Wildman–Crippen MR) is 146 cm³/mol. The van der Waals surface area contributed by atoms with Crippen LogP contribution in [0.1, 0.15) is 61.3 Å². The minimum atomic E-state index is -0.578. The first-order valence-electron chi connectivity index (χ1n) is 13.7. The number of oxazole rings is 1. The maximum atomic E-state index is 12.4. The van der Waals surface area contributed by atoms with Crippen LogP contribution in [0.2, 0.25) is 0 Å². The van der Waals surface area contributed by atoms with Gasteiger partial charge >= 0.3 is 5.97 Å². The number of aromatic nitrogens is 1. The first-order chi connectivity index (χ1) is 18.5. The third-order valence-electron chi connectivity index (χ3n) is 6.96. The van der Waals surface area contributed by atoms with Crippen LogP contribution in [0.3, 0.4) is 0 Å². The summed E-state index contributed by atoms with van der Waals surface area (Å²) >= 11 is 0. The van der Waals surface area contributed by atoms with E-state index in [-0.39, 0.29) is 5.97 Å². The van der Waals surface area contributed by atoms with Gasteiger partial charge in [0.05, 0.1) is 26.0 Å². The van der Waals surface area contributed by atoms with E-state index in [1.807, 2.05) is 45.0 Å². The quantitative estimate of drug-likeness (QED) is 0.200. The van der Waals surface area contributed by atoms with Gasteiger partial charge in [-0.2, -0.15) is 0 Å². The summed E-state index contributed by atoms with van der Waals surface area (Å²) in [4.78, 5) is 17.1. The first-order valence-corrected chi connectivity index (χ1v) is 13.7. The van der Waals surface area contributed by atoms with Crippen LogP contribution >= 0.6 is 0 Å². The number of carbonyl (C=O) groups excluding carboxylic acids is 1. The Kier molecular flexibility index (Phi) is 9.82. The molecule has 0 aliphatic heterocycles. The molecule has 0 bridgehead atoms. The number of methoxy groups -OCH3 is 1. The normalized spacial score (nSPS) is 13.6. The van der Waals surface area contributed by atoms with Gasteiger partial charge in [-0.05, 0) is 106 Å². The van der Waals surface area contributed by atoms with Crippen LogP contribution in [0.5, 0.6) is 11.5 Å². The van der Waals surface area contributed by atoms with Crippen molar-refractivity contribution in [2.45, 2.75) is 71.8 Å². The highest BCUT2D eigenvalue weighted by molar-refractivity contribution is 5.75. The topological polar surface area (TPSA) is 80.0 Å². The second kappa shape index (κ2) is 13.5. The number of hydrogen-bond acceptors (Lipinski definition) is 7. The maximum Gasteiger partial charge on any atom is 0.335 e. The molecule has 1 aliphatic carbocycles. The number of carbonyl (C=O) groups is 1. The zero-order valence-corrected chi connectivity index (χ0v) is 23.0. The lowest BCUT2D eigenvalue weighted by atomic mass is 9.86. The van der Waals surface area contributed by atoms with Gasteiger partial charge in [0.1, 0.15) is 17.3 Å². The van der Waals surface area contributed by atoms with E-state index in [1.165, 1.54) is 11.1 Å². The summed E-state index contributed by atoms with van der Waals surface area (Å²) in [6.45, 7) is 7.10. The van der Waals surface area contributed by atoms with Crippen molar-refractivity contribution in [1.82, 2.24) is 4.98 Å². The first kappa shape index (κ1) is 27.7. The predicted octanol–water partition coefficient (Wildman–Crippen LogP) is 6.06. The van der Waals surface area contributed by atoms with Crippen LogP contribution in [0.25, 0.3) is 11.5 Å². The molecule has 38 heavy (non-hydrogen) atoms. The highest BCUT2D eigenvalue weighted by Gasteiger charge is 2.25. The Bertz CT molecular complexity index is 1200. The summed E-state index contributed by atoms with van der Waals surface area (Å²) in [5.74, 6) is 2.92. The second-order valence-electron chi connectivity index (χ2n) is 9.49. The molecule has 1 heterocycles. The minimum Gasteiger partial charge on any atom is -0.497 e. The van der Waals surface area contributed by atoms with E-state index in [2.05, 4.69) is 12.1 Å². The lowest BCUT2D eigenvalue weighted by Gasteiger charge is -2.24. The lowest BCUT2D eigenvalue weighted by molar-refractivity contribution is -0.156. The number of fused-ring (bicyclic) bond motifs is 1. The minimum absolute atomic E-state index is 0.294. The van der Waals surface area contributed by atoms with E-state index < -0.39 is 6.10 Å². The molecule has 0 N–H and O–H groups in total. The molecule has 0 saturated heterocycles. The Labute approximate surface area is 225 Å². The summed E-state index contributed by atoms with van der Waals surface area (Å²) in [5.41, 5.74) is 5.62. The van der Waals surface area contributed by atoms with E-state index in [4.69, 9.17) is 28.3 Å². The van der Waals surface area contributed by atoms with Gasteiger partial charge in [0, 0.05) is 18.6 Å². The van der Waals surface area contributed by atoms with E-state index in [0.717, 1.165) is 72.6 Å². The van der Waals surface area contributed by atoms with Crippen molar-refractivity contribution in [2.75, 3.05) is 26.9 Å². The number of aryl methyl sites for hydroxylation is 2. The number of ether oxygens (including phenoxy) is 4. The number of benzene rings is 2. The SMILES string of the molecule is CCOC(=O)C(Cc1ccc(OCCCc2nc(-c3ccc(OC)cc3)oc2C)c2c1CCCC2)OCC. The largest absolute Gasteiger partial charge is 0.497 e. The molecule has 0 saturated carbocycles. The molecule has 1 aromatic heterocycles. The molecule has 0 spiro atoms. The molecular weight excluding hydrogens is 482 g/mol. The smallest absolute Gasteiger partial charge is 0.335 e. The molecule has 0 radical (unpaired) electrons. The van der Waals surface area contributed by atoms with Crippen molar-refractivity contribution >= 4 is 5.97 Å². The summed E-state index contributed by atoms with van der Waals surface area (Å²) < 4.78 is 28.4. The fourth-order valence-corrected chi connectivity index (χ4v) is 5.02. The van der Waals surface area contributed by atoms with Gasteiger partial charge in [0.15, 0.2) is 6.10 Å². The van der Waals surface area contributed by atoms with E-state index in [0.29, 0.717) is 32.1 Å². The Morgan fingerprint density at radius 1 is 1.03 bits per heavy atom. The van der Waals surface area contributed by atoms with Gasteiger partial charge in [-0.1, -0.05) is 6.07 Å². The Morgan fingerprint density at radius 2 is 1.79 bits per heavy atom. The van der Waals surface area contributed by atoms with Gasteiger partial charge in [-0.25, -0.2) is 9.78 Å². The lowest BCUT2D eigenvalue weighted by Crippen LogP contribution is -2.29. The monoisotopic (exact) mass is 521 g/mol. The average molecular weight is 522 g/mol. The van der Waals surface area contributed by atoms with Crippen molar-refractivity contribution in [1.29, 1.82) is 0 Å². The fraction of sp³-hybridized carbons (Fsp3) is 0.484. The van der Waals surface area contributed by atoms with Gasteiger partial charge in [0.2, 0.25) is 5.89 Å². The third kappa shape index (κ3) is 6.76. The zero-order valence-electron chi connectivity index (χ0n) is 23.0. The molecule has 1 aliphatic rings. The molecule has 7 nitrogen and oxygen atoms in total. The molecule has 2 aromatic carbocycles. The Hall–Kier alpha value is -3.32. The number of hydrogen-bond donors (Lipinski definition) is 0. The highest BCUT2D eigenvalue weighted by atomic mass is 16.6. The van der Waals surface area contributed by atoms with Crippen molar-refractivity contribution < 1.29 is 28.2 Å². The molecule has 204 valence electrons. The van der Waals surface area contributed by atoms with Crippen LogP contribution in [-0.2, 0) is 40.0 Å². The third-order valence-corrected chi connectivity index (χ3v) is 6.96. The van der Waals surface area contributed by atoms with Crippen molar-refractivity contribution in [2.24, 2.45) is 0 Å². The molecule has 1 atom stereocenters. The van der Waals surface area contributed by atoms with Crippen LogP contribution in [0.15, 0.2) is 40.8 Å². The molecule has 7 heteroatoms. The van der Waals surface area contributed by atoms with E-state index in [1.54, 1.807) is 7.11 Å². The van der Waals surface area contributed by atoms with Crippen molar-refractivity contribution in [3.63, 3.8) is 0 Å². The summed E-state index contributed by atoms with van der Waals surface area (Å²) in [6.07, 6.45) is 5.84. The van der Waals surface area contributed by atoms with Crippen molar-refractivity contribution in [3.8, 4) is 23.0 Å². The summed E-state index contributed by atoms with van der Waals surface area (Å²) in [7, 11) is 1.65. The van der Waals surface area contributed by atoms with Gasteiger partial charge < -0.3 is 23.4 Å². The molecule has 3 aromatic rings. The number of nitrogens with zero attached hydrogens (tertiary/aromatic N) is 1.